The molecule has 3 heteroatoms. The molecule has 0 aliphatic heterocycles. The van der Waals surface area contributed by atoms with Gasteiger partial charge in [0.15, 0.2) is 0 Å². The Labute approximate surface area is 78.2 Å². The second-order valence-electron chi connectivity index (χ2n) is 4.12. The van der Waals surface area contributed by atoms with Crippen molar-refractivity contribution < 1.29 is 9.18 Å². The van der Waals surface area contributed by atoms with Gasteiger partial charge in [-0.05, 0) is 44.9 Å². The second-order valence-corrected chi connectivity index (χ2v) is 4.12. The van der Waals surface area contributed by atoms with Crippen LogP contribution in [0.15, 0.2) is 4.99 Å². The lowest BCUT2D eigenvalue weighted by Crippen LogP contribution is -2.26. The Hall–Kier alpha value is -0.690. The minimum Gasteiger partial charge on any atom is -0.244 e. The van der Waals surface area contributed by atoms with Crippen molar-refractivity contribution in [1.82, 2.24) is 0 Å². The predicted octanol–water partition coefficient (Wildman–Crippen LogP) is 2.63. The summed E-state index contributed by atoms with van der Waals surface area (Å²) in [5, 5.41) is 0. The lowest BCUT2D eigenvalue weighted by molar-refractivity contribution is 0.101. The molecule has 0 N–H and O–H groups in total. The Kier molecular flexibility index (Phi) is 3.61. The molecule has 0 radical (unpaired) electrons. The average Bonchev–Trinajstić information content (AvgIpc) is 2.08. The molecule has 0 unspecified atom stereocenters. The molecule has 0 atom stereocenters. The molecular formula is C10H16FNO. The Morgan fingerprint density at radius 2 is 2.15 bits per heavy atom. The Morgan fingerprint density at radius 3 is 2.69 bits per heavy atom. The number of halogens is 1. The largest absolute Gasteiger partial charge is 0.244 e. The van der Waals surface area contributed by atoms with Gasteiger partial charge >= 0.3 is 0 Å². The van der Waals surface area contributed by atoms with Crippen molar-refractivity contribution in [2.75, 3.05) is 6.54 Å². The molecule has 0 spiro atoms. The van der Waals surface area contributed by atoms with Crippen LogP contribution in [0.3, 0.4) is 0 Å². The number of hydrogen-bond donors (Lipinski definition) is 0. The fourth-order valence-electron chi connectivity index (χ4n) is 1.86. The summed E-state index contributed by atoms with van der Waals surface area (Å²) in [4.78, 5) is 13.3. The molecule has 2 nitrogen and oxygen atoms in total. The summed E-state index contributed by atoms with van der Waals surface area (Å²) in [5.41, 5.74) is -0.954. The van der Waals surface area contributed by atoms with Crippen molar-refractivity contribution in [1.29, 1.82) is 0 Å². The van der Waals surface area contributed by atoms with E-state index in [1.165, 1.54) is 6.08 Å². The van der Waals surface area contributed by atoms with Gasteiger partial charge in [-0.3, -0.25) is 0 Å². The zero-order chi connectivity index (χ0) is 9.73. The zero-order valence-corrected chi connectivity index (χ0v) is 8.05. The van der Waals surface area contributed by atoms with E-state index in [0.29, 0.717) is 25.3 Å². The van der Waals surface area contributed by atoms with Gasteiger partial charge in [0.2, 0.25) is 6.08 Å². The lowest BCUT2D eigenvalue weighted by Gasteiger charge is -2.30. The maximum atomic E-state index is 13.3. The number of carbonyl (C=O) groups excluding carboxylic acids is 1. The van der Waals surface area contributed by atoms with E-state index in [-0.39, 0.29) is 0 Å². The van der Waals surface area contributed by atoms with E-state index in [2.05, 4.69) is 4.99 Å². The van der Waals surface area contributed by atoms with Crippen LogP contribution in [0.4, 0.5) is 4.39 Å². The van der Waals surface area contributed by atoms with Crippen molar-refractivity contribution in [2.24, 2.45) is 10.9 Å². The second kappa shape index (κ2) is 4.52. The van der Waals surface area contributed by atoms with Crippen LogP contribution in [0.25, 0.3) is 0 Å². The van der Waals surface area contributed by atoms with Crippen molar-refractivity contribution in [2.45, 2.75) is 44.7 Å². The van der Waals surface area contributed by atoms with Crippen LogP contribution >= 0.6 is 0 Å². The third kappa shape index (κ3) is 3.69. The number of nitrogens with zero attached hydrogens (tertiary/aromatic N) is 1. The first-order valence-electron chi connectivity index (χ1n) is 4.86. The molecule has 1 saturated carbocycles. The van der Waals surface area contributed by atoms with Crippen LogP contribution < -0.4 is 0 Å². The number of alkyl halides is 1. The van der Waals surface area contributed by atoms with Crippen LogP contribution in [0, 0.1) is 5.92 Å². The van der Waals surface area contributed by atoms with Crippen LogP contribution in [-0.4, -0.2) is 18.3 Å². The maximum Gasteiger partial charge on any atom is 0.234 e. The molecule has 0 saturated heterocycles. The van der Waals surface area contributed by atoms with Crippen LogP contribution in [-0.2, 0) is 4.79 Å². The maximum absolute atomic E-state index is 13.3. The number of aliphatic imine (C=N–C) groups is 1. The summed E-state index contributed by atoms with van der Waals surface area (Å²) < 4.78 is 13.3. The first kappa shape index (κ1) is 10.4. The molecule has 0 aromatic carbocycles. The zero-order valence-electron chi connectivity index (χ0n) is 8.05. The van der Waals surface area contributed by atoms with Crippen LogP contribution in [0.5, 0.6) is 0 Å². The van der Waals surface area contributed by atoms with E-state index >= 15 is 0 Å². The van der Waals surface area contributed by atoms with E-state index in [1.54, 1.807) is 6.92 Å². The summed E-state index contributed by atoms with van der Waals surface area (Å²) in [6.45, 7) is 2.23. The third-order valence-electron chi connectivity index (χ3n) is 2.86. The Balaban J connectivity index is 2.21. The third-order valence-corrected chi connectivity index (χ3v) is 2.86. The molecule has 0 bridgehead atoms. The Morgan fingerprint density at radius 1 is 1.54 bits per heavy atom. The molecule has 0 heterocycles. The van der Waals surface area contributed by atoms with Gasteiger partial charge in [0, 0.05) is 0 Å². The molecule has 1 aliphatic rings. The van der Waals surface area contributed by atoms with Crippen molar-refractivity contribution in [3.05, 3.63) is 0 Å². The van der Waals surface area contributed by atoms with Crippen molar-refractivity contribution in [3.63, 3.8) is 0 Å². The van der Waals surface area contributed by atoms with E-state index in [0.717, 1.165) is 19.3 Å². The number of rotatable bonds is 3. The quantitative estimate of drug-likeness (QED) is 0.491. The minimum atomic E-state index is -0.954. The highest BCUT2D eigenvalue weighted by molar-refractivity contribution is 5.32. The normalized spacial score (nSPS) is 33.8. The van der Waals surface area contributed by atoms with Gasteiger partial charge in [-0.2, -0.15) is 0 Å². The van der Waals surface area contributed by atoms with E-state index in [4.69, 9.17) is 0 Å². The summed E-state index contributed by atoms with van der Waals surface area (Å²) in [7, 11) is 0. The molecule has 0 aromatic heterocycles. The van der Waals surface area contributed by atoms with Gasteiger partial charge < -0.3 is 0 Å². The highest BCUT2D eigenvalue weighted by Crippen LogP contribution is 2.35. The van der Waals surface area contributed by atoms with Gasteiger partial charge in [-0.1, -0.05) is 0 Å². The summed E-state index contributed by atoms with van der Waals surface area (Å²) in [6, 6.07) is 0. The van der Waals surface area contributed by atoms with Crippen LogP contribution in [0.1, 0.15) is 39.0 Å². The fraction of sp³-hybridized carbons (Fsp3) is 0.900. The van der Waals surface area contributed by atoms with E-state index in [9.17, 15) is 9.18 Å². The molecule has 74 valence electrons. The standard InChI is InChI=1S/C10H16FNO/c1-10(11)5-2-9(3-6-10)4-7-12-8-13/h9H,2-7H2,1H3. The Bertz CT molecular complexity index is 199. The molecule has 1 fully saturated rings. The van der Waals surface area contributed by atoms with Gasteiger partial charge in [0.05, 0.1) is 6.54 Å². The molecule has 0 amide bonds. The fourth-order valence-corrected chi connectivity index (χ4v) is 1.86. The summed E-state index contributed by atoms with van der Waals surface area (Å²) in [5.74, 6) is 0.556. The van der Waals surface area contributed by atoms with Gasteiger partial charge in [0.25, 0.3) is 0 Å². The monoisotopic (exact) mass is 185 g/mol. The van der Waals surface area contributed by atoms with E-state index < -0.39 is 5.67 Å². The molecule has 1 rings (SSSR count). The number of hydrogen-bond acceptors (Lipinski definition) is 2. The van der Waals surface area contributed by atoms with Crippen molar-refractivity contribution >= 4 is 6.08 Å². The summed E-state index contributed by atoms with van der Waals surface area (Å²) >= 11 is 0. The molecular weight excluding hydrogens is 169 g/mol. The minimum absolute atomic E-state index is 0.553. The highest BCUT2D eigenvalue weighted by Gasteiger charge is 2.30. The molecule has 13 heavy (non-hydrogen) atoms. The molecule has 0 aromatic rings. The summed E-state index contributed by atoms with van der Waals surface area (Å²) in [6.07, 6.45) is 5.61. The van der Waals surface area contributed by atoms with Gasteiger partial charge in [0.1, 0.15) is 5.67 Å². The first-order chi connectivity index (χ1) is 6.14. The average molecular weight is 185 g/mol. The van der Waals surface area contributed by atoms with Crippen molar-refractivity contribution in [3.8, 4) is 0 Å². The SMILES string of the molecule is CC1(F)CCC(CCN=C=O)CC1. The smallest absolute Gasteiger partial charge is 0.234 e. The lowest BCUT2D eigenvalue weighted by atomic mass is 9.80. The predicted molar refractivity (Wildman–Crippen MR) is 49.1 cm³/mol. The molecule has 1 aliphatic carbocycles. The number of isocyanates is 1. The highest BCUT2D eigenvalue weighted by atomic mass is 19.1. The topological polar surface area (TPSA) is 29.4 Å². The van der Waals surface area contributed by atoms with E-state index in [1.807, 2.05) is 0 Å². The first-order valence-corrected chi connectivity index (χ1v) is 4.86. The van der Waals surface area contributed by atoms with Gasteiger partial charge in [-0.15, -0.1) is 0 Å². The van der Waals surface area contributed by atoms with Crippen LogP contribution in [0.2, 0.25) is 0 Å². The van der Waals surface area contributed by atoms with Gasteiger partial charge in [-0.25, -0.2) is 14.2 Å².